The molecule has 1 saturated carbocycles. The van der Waals surface area contributed by atoms with Gasteiger partial charge in [-0.15, -0.1) is 0 Å². The van der Waals surface area contributed by atoms with E-state index in [-0.39, 0.29) is 18.4 Å². The van der Waals surface area contributed by atoms with E-state index in [9.17, 15) is 14.7 Å². The monoisotopic (exact) mass is 256 g/mol. The van der Waals surface area contributed by atoms with E-state index in [4.69, 9.17) is 9.84 Å². The highest BCUT2D eigenvalue weighted by Gasteiger charge is 2.49. The van der Waals surface area contributed by atoms with Gasteiger partial charge < -0.3 is 14.9 Å². The predicted octanol–water partition coefficient (Wildman–Crippen LogP) is 1.76. The van der Waals surface area contributed by atoms with E-state index in [1.807, 2.05) is 0 Å². The lowest BCUT2D eigenvalue weighted by molar-refractivity contribution is -0.146. The molecule has 0 amide bonds. The molecule has 1 aliphatic heterocycles. The number of hydrogen-bond donors (Lipinski definition) is 2. The lowest BCUT2D eigenvalue weighted by Gasteiger charge is -2.31. The number of carboxylic acid groups (broad SMARTS) is 2. The Kier molecular flexibility index (Phi) is 3.90. The Hall–Kier alpha value is -1.10. The Labute approximate surface area is 106 Å². The maximum Gasteiger partial charge on any atom is 0.306 e. The first-order chi connectivity index (χ1) is 8.49. The molecule has 102 valence electrons. The van der Waals surface area contributed by atoms with Crippen LogP contribution in [0.3, 0.4) is 0 Å². The SMILES string of the molecule is CC1CC2OC2CC1C(CCCC(=O)O)C(=O)O. The molecule has 2 N–H and O–H groups in total. The van der Waals surface area contributed by atoms with E-state index in [1.54, 1.807) is 0 Å². The van der Waals surface area contributed by atoms with Gasteiger partial charge in [0.05, 0.1) is 18.1 Å². The van der Waals surface area contributed by atoms with Crippen LogP contribution in [-0.2, 0) is 14.3 Å². The van der Waals surface area contributed by atoms with Crippen LogP contribution in [0.4, 0.5) is 0 Å². The van der Waals surface area contributed by atoms with Crippen LogP contribution in [0.5, 0.6) is 0 Å². The third-order valence-electron chi connectivity index (χ3n) is 4.27. The van der Waals surface area contributed by atoms with Gasteiger partial charge in [0.1, 0.15) is 0 Å². The van der Waals surface area contributed by atoms with Crippen LogP contribution in [-0.4, -0.2) is 34.4 Å². The molecule has 5 atom stereocenters. The van der Waals surface area contributed by atoms with Crippen molar-refractivity contribution in [3.63, 3.8) is 0 Å². The van der Waals surface area contributed by atoms with Crippen molar-refractivity contribution in [2.75, 3.05) is 0 Å². The molecule has 2 rings (SSSR count). The lowest BCUT2D eigenvalue weighted by atomic mass is 9.72. The second kappa shape index (κ2) is 5.26. The van der Waals surface area contributed by atoms with E-state index in [2.05, 4.69) is 6.92 Å². The third-order valence-corrected chi connectivity index (χ3v) is 4.27. The highest BCUT2D eigenvalue weighted by molar-refractivity contribution is 5.71. The van der Waals surface area contributed by atoms with Gasteiger partial charge in [0.25, 0.3) is 0 Å². The molecule has 5 heteroatoms. The van der Waals surface area contributed by atoms with Crippen molar-refractivity contribution < 1.29 is 24.5 Å². The molecule has 0 radical (unpaired) electrons. The molecule has 5 nitrogen and oxygen atoms in total. The zero-order valence-corrected chi connectivity index (χ0v) is 10.5. The van der Waals surface area contributed by atoms with E-state index < -0.39 is 17.9 Å². The maximum atomic E-state index is 11.4. The summed E-state index contributed by atoms with van der Waals surface area (Å²) in [5.41, 5.74) is 0. The summed E-state index contributed by atoms with van der Waals surface area (Å²) in [6.45, 7) is 2.08. The number of rotatable bonds is 6. The number of aliphatic carboxylic acids is 2. The number of carboxylic acids is 2. The zero-order valence-electron chi connectivity index (χ0n) is 10.5. The zero-order chi connectivity index (χ0) is 13.3. The summed E-state index contributed by atoms with van der Waals surface area (Å²) in [4.78, 5) is 21.8. The molecule has 0 aromatic rings. The highest BCUT2D eigenvalue weighted by atomic mass is 16.6. The first-order valence-electron chi connectivity index (χ1n) is 6.59. The van der Waals surface area contributed by atoms with Gasteiger partial charge in [0.2, 0.25) is 0 Å². The van der Waals surface area contributed by atoms with Crippen LogP contribution < -0.4 is 0 Å². The van der Waals surface area contributed by atoms with Gasteiger partial charge in [-0.3, -0.25) is 9.59 Å². The Morgan fingerprint density at radius 3 is 2.56 bits per heavy atom. The summed E-state index contributed by atoms with van der Waals surface area (Å²) >= 11 is 0. The molecule has 18 heavy (non-hydrogen) atoms. The van der Waals surface area contributed by atoms with Gasteiger partial charge in [0.15, 0.2) is 0 Å². The average molecular weight is 256 g/mol. The molecule has 1 saturated heterocycles. The smallest absolute Gasteiger partial charge is 0.306 e. The van der Waals surface area contributed by atoms with Crippen molar-refractivity contribution in [1.29, 1.82) is 0 Å². The number of epoxide rings is 1. The minimum atomic E-state index is -0.860. The van der Waals surface area contributed by atoms with E-state index in [1.165, 1.54) is 0 Å². The molecule has 0 aromatic carbocycles. The summed E-state index contributed by atoms with van der Waals surface area (Å²) in [7, 11) is 0. The fraction of sp³-hybridized carbons (Fsp3) is 0.846. The second-order valence-corrected chi connectivity index (χ2v) is 5.56. The van der Waals surface area contributed by atoms with Crippen LogP contribution in [0.2, 0.25) is 0 Å². The Bertz CT molecular complexity index is 340. The molecule has 1 heterocycles. The summed E-state index contributed by atoms with van der Waals surface area (Å²) in [6, 6.07) is 0. The number of carbonyl (C=O) groups is 2. The average Bonchev–Trinajstić information content (AvgIpc) is 3.00. The molecule has 0 aromatic heterocycles. The second-order valence-electron chi connectivity index (χ2n) is 5.56. The van der Waals surface area contributed by atoms with Crippen molar-refractivity contribution >= 4 is 11.9 Å². The first kappa shape index (κ1) is 13.3. The minimum absolute atomic E-state index is 0.0490. The molecule has 0 spiro atoms. The highest BCUT2D eigenvalue weighted by Crippen LogP contribution is 2.46. The molecule has 0 bridgehead atoms. The normalized spacial score (nSPS) is 35.6. The maximum absolute atomic E-state index is 11.4. The van der Waals surface area contributed by atoms with Crippen molar-refractivity contribution in [2.24, 2.45) is 17.8 Å². The minimum Gasteiger partial charge on any atom is -0.481 e. The van der Waals surface area contributed by atoms with Crippen LogP contribution in [0, 0.1) is 17.8 Å². The predicted molar refractivity (Wildman–Crippen MR) is 63.2 cm³/mol. The van der Waals surface area contributed by atoms with Crippen molar-refractivity contribution in [3.05, 3.63) is 0 Å². The third kappa shape index (κ3) is 3.02. The number of fused-ring (bicyclic) bond motifs is 1. The van der Waals surface area contributed by atoms with Gasteiger partial charge in [-0.1, -0.05) is 6.92 Å². The summed E-state index contributed by atoms with van der Waals surface area (Å²) < 4.78 is 5.46. The van der Waals surface area contributed by atoms with Crippen LogP contribution in [0.15, 0.2) is 0 Å². The fourth-order valence-electron chi connectivity index (χ4n) is 3.19. The summed E-state index contributed by atoms with van der Waals surface area (Å²) in [5, 5.41) is 17.9. The van der Waals surface area contributed by atoms with Gasteiger partial charge in [-0.2, -0.15) is 0 Å². The summed E-state index contributed by atoms with van der Waals surface area (Å²) in [6.07, 6.45) is 3.30. The van der Waals surface area contributed by atoms with Gasteiger partial charge >= 0.3 is 11.9 Å². The Morgan fingerprint density at radius 1 is 1.28 bits per heavy atom. The number of ether oxygens (including phenoxy) is 1. The van der Waals surface area contributed by atoms with E-state index in [0.29, 0.717) is 24.9 Å². The molecule has 2 aliphatic rings. The lowest BCUT2D eigenvalue weighted by Crippen LogP contribution is -2.33. The van der Waals surface area contributed by atoms with E-state index >= 15 is 0 Å². The van der Waals surface area contributed by atoms with Gasteiger partial charge in [-0.25, -0.2) is 0 Å². The fourth-order valence-corrected chi connectivity index (χ4v) is 3.19. The standard InChI is InChI=1S/C13H20O5/c1-7-5-10-11(18-10)6-9(7)8(13(16)17)3-2-4-12(14)15/h7-11H,2-6H2,1H3,(H,14,15)(H,16,17). The topological polar surface area (TPSA) is 87.1 Å². The molecule has 1 aliphatic carbocycles. The Morgan fingerprint density at radius 2 is 1.94 bits per heavy atom. The van der Waals surface area contributed by atoms with Crippen molar-refractivity contribution in [1.82, 2.24) is 0 Å². The van der Waals surface area contributed by atoms with Crippen LogP contribution in [0.1, 0.15) is 39.0 Å². The quantitative estimate of drug-likeness (QED) is 0.707. The van der Waals surface area contributed by atoms with Crippen molar-refractivity contribution in [3.8, 4) is 0 Å². The summed E-state index contributed by atoms with van der Waals surface area (Å²) in [5.74, 6) is -1.61. The Balaban J connectivity index is 1.91. The van der Waals surface area contributed by atoms with Crippen molar-refractivity contribution in [2.45, 2.75) is 51.2 Å². The van der Waals surface area contributed by atoms with Crippen LogP contribution >= 0.6 is 0 Å². The van der Waals surface area contributed by atoms with Gasteiger partial charge in [-0.05, 0) is 37.5 Å². The van der Waals surface area contributed by atoms with E-state index in [0.717, 1.165) is 12.8 Å². The largest absolute Gasteiger partial charge is 0.481 e. The first-order valence-corrected chi connectivity index (χ1v) is 6.59. The van der Waals surface area contributed by atoms with Gasteiger partial charge in [0, 0.05) is 6.42 Å². The molecular formula is C13H20O5. The number of hydrogen-bond acceptors (Lipinski definition) is 3. The molecule has 2 fully saturated rings. The molecule has 5 unspecified atom stereocenters. The molecular weight excluding hydrogens is 236 g/mol. The van der Waals surface area contributed by atoms with Crippen LogP contribution in [0.25, 0.3) is 0 Å².